The lowest BCUT2D eigenvalue weighted by Gasteiger charge is -1.94. The molecule has 0 unspecified atom stereocenters. The molecule has 0 atom stereocenters. The molecule has 0 aliphatic rings. The van der Waals surface area contributed by atoms with Crippen molar-refractivity contribution in [2.45, 2.75) is 5.22 Å². The van der Waals surface area contributed by atoms with E-state index in [0.29, 0.717) is 11.1 Å². The molecular weight excluding hydrogens is 198 g/mol. The van der Waals surface area contributed by atoms with Gasteiger partial charge in [-0.25, -0.2) is 0 Å². The van der Waals surface area contributed by atoms with Crippen LogP contribution in [0.25, 0.3) is 11.5 Å². The summed E-state index contributed by atoms with van der Waals surface area (Å²) in [5, 5.41) is 8.32. The van der Waals surface area contributed by atoms with Crippen molar-refractivity contribution in [1.82, 2.24) is 10.2 Å². The van der Waals surface area contributed by atoms with Crippen LogP contribution >= 0.6 is 11.8 Å². The van der Waals surface area contributed by atoms with E-state index < -0.39 is 0 Å². The molecule has 1 heterocycles. The van der Waals surface area contributed by atoms with Gasteiger partial charge < -0.3 is 10.2 Å². The Balaban J connectivity index is 2.34. The summed E-state index contributed by atoms with van der Waals surface area (Å²) in [7, 11) is 0. The summed E-state index contributed by atoms with van der Waals surface area (Å²) in [6.07, 6.45) is 1.89. The largest absolute Gasteiger partial charge is 0.411 e. The quantitative estimate of drug-likeness (QED) is 0.603. The molecule has 0 spiro atoms. The summed E-state index contributed by atoms with van der Waals surface area (Å²) < 4.78 is 5.36. The summed E-state index contributed by atoms with van der Waals surface area (Å²) in [5.41, 5.74) is 7.17. The number of hydrogen-bond donors (Lipinski definition) is 1. The van der Waals surface area contributed by atoms with E-state index >= 15 is 0 Å². The minimum atomic E-state index is 0.523. The molecule has 0 aliphatic carbocycles. The first-order chi connectivity index (χ1) is 6.79. The minimum absolute atomic E-state index is 0.523. The lowest BCUT2D eigenvalue weighted by Crippen LogP contribution is -1.83. The molecule has 0 aliphatic heterocycles. The number of rotatable bonds is 2. The Morgan fingerprint density at radius 2 is 1.93 bits per heavy atom. The van der Waals surface area contributed by atoms with Gasteiger partial charge >= 0.3 is 0 Å². The molecule has 5 heteroatoms. The van der Waals surface area contributed by atoms with Gasteiger partial charge in [0, 0.05) is 11.3 Å². The summed E-state index contributed by atoms with van der Waals surface area (Å²) in [4.78, 5) is 0. The number of nitrogen functional groups attached to an aromatic ring is 1. The second-order valence-corrected chi connectivity index (χ2v) is 3.46. The topological polar surface area (TPSA) is 64.9 Å². The van der Waals surface area contributed by atoms with E-state index in [1.54, 1.807) is 12.1 Å². The molecule has 0 amide bonds. The van der Waals surface area contributed by atoms with Crippen molar-refractivity contribution < 1.29 is 4.42 Å². The second kappa shape index (κ2) is 3.71. The van der Waals surface area contributed by atoms with Crippen LogP contribution in [0.3, 0.4) is 0 Å². The Morgan fingerprint density at radius 1 is 1.21 bits per heavy atom. The highest BCUT2D eigenvalue weighted by Gasteiger charge is 2.06. The summed E-state index contributed by atoms with van der Waals surface area (Å²) in [6, 6.07) is 7.32. The monoisotopic (exact) mass is 207 g/mol. The maximum atomic E-state index is 5.57. The fourth-order valence-corrected chi connectivity index (χ4v) is 1.32. The van der Waals surface area contributed by atoms with Gasteiger partial charge in [-0.3, -0.25) is 0 Å². The molecule has 0 bridgehead atoms. The molecule has 2 aromatic rings. The van der Waals surface area contributed by atoms with Crippen LogP contribution in [-0.2, 0) is 0 Å². The van der Waals surface area contributed by atoms with Crippen molar-refractivity contribution in [3.8, 4) is 11.5 Å². The van der Waals surface area contributed by atoms with Crippen molar-refractivity contribution in [2.75, 3.05) is 12.0 Å². The van der Waals surface area contributed by atoms with E-state index in [2.05, 4.69) is 10.2 Å². The molecule has 0 saturated carbocycles. The minimum Gasteiger partial charge on any atom is -0.411 e. The first-order valence-corrected chi connectivity index (χ1v) is 5.25. The van der Waals surface area contributed by atoms with Crippen LogP contribution in [-0.4, -0.2) is 16.5 Å². The number of benzene rings is 1. The van der Waals surface area contributed by atoms with Crippen molar-refractivity contribution >= 4 is 17.4 Å². The molecule has 0 saturated heterocycles. The predicted octanol–water partition coefficient (Wildman–Crippen LogP) is 2.04. The summed E-state index contributed by atoms with van der Waals surface area (Å²) in [6.45, 7) is 0. The third kappa shape index (κ3) is 1.72. The Morgan fingerprint density at radius 3 is 2.50 bits per heavy atom. The lowest BCUT2D eigenvalue weighted by molar-refractivity contribution is 0.466. The Bertz CT molecular complexity index is 424. The maximum absolute atomic E-state index is 5.57. The van der Waals surface area contributed by atoms with Crippen LogP contribution < -0.4 is 5.73 Å². The van der Waals surface area contributed by atoms with E-state index in [1.807, 2.05) is 18.4 Å². The average molecular weight is 207 g/mol. The van der Waals surface area contributed by atoms with Gasteiger partial charge in [0.1, 0.15) is 0 Å². The van der Waals surface area contributed by atoms with Crippen molar-refractivity contribution in [2.24, 2.45) is 0 Å². The Hall–Kier alpha value is -1.49. The lowest BCUT2D eigenvalue weighted by atomic mass is 10.2. The molecule has 0 radical (unpaired) electrons. The van der Waals surface area contributed by atoms with Crippen molar-refractivity contribution in [3.63, 3.8) is 0 Å². The molecule has 2 rings (SSSR count). The van der Waals surface area contributed by atoms with Crippen molar-refractivity contribution in [3.05, 3.63) is 24.3 Å². The summed E-state index contributed by atoms with van der Waals surface area (Å²) >= 11 is 1.42. The average Bonchev–Trinajstić information content (AvgIpc) is 2.67. The van der Waals surface area contributed by atoms with Crippen LogP contribution in [0, 0.1) is 0 Å². The van der Waals surface area contributed by atoms with Gasteiger partial charge in [-0.15, -0.1) is 10.2 Å². The molecular formula is C9H9N3OS. The third-order valence-corrected chi connectivity index (χ3v) is 2.25. The normalized spacial score (nSPS) is 10.4. The maximum Gasteiger partial charge on any atom is 0.276 e. The molecule has 72 valence electrons. The SMILES string of the molecule is CSc1nnc(-c2ccc(N)cc2)o1. The van der Waals surface area contributed by atoms with Gasteiger partial charge in [0.2, 0.25) is 5.89 Å². The first kappa shape index (κ1) is 9.08. The fraction of sp³-hybridized carbons (Fsp3) is 0.111. The zero-order chi connectivity index (χ0) is 9.97. The fourth-order valence-electron chi connectivity index (χ4n) is 1.03. The van der Waals surface area contributed by atoms with Gasteiger partial charge in [-0.05, 0) is 30.5 Å². The van der Waals surface area contributed by atoms with Gasteiger partial charge in [0.25, 0.3) is 5.22 Å². The van der Waals surface area contributed by atoms with Gasteiger partial charge in [-0.1, -0.05) is 11.8 Å². The Kier molecular flexibility index (Phi) is 2.41. The highest BCUT2D eigenvalue weighted by Crippen LogP contribution is 2.22. The van der Waals surface area contributed by atoms with Crippen LogP contribution in [0.2, 0.25) is 0 Å². The van der Waals surface area contributed by atoms with Crippen LogP contribution in [0.1, 0.15) is 0 Å². The van der Waals surface area contributed by atoms with E-state index in [0.717, 1.165) is 11.3 Å². The smallest absolute Gasteiger partial charge is 0.276 e. The van der Waals surface area contributed by atoms with E-state index in [1.165, 1.54) is 11.8 Å². The van der Waals surface area contributed by atoms with Gasteiger partial charge in [0.15, 0.2) is 0 Å². The highest BCUT2D eigenvalue weighted by molar-refractivity contribution is 7.98. The van der Waals surface area contributed by atoms with E-state index in [9.17, 15) is 0 Å². The number of nitrogens with zero attached hydrogens (tertiary/aromatic N) is 2. The van der Waals surface area contributed by atoms with E-state index in [4.69, 9.17) is 10.2 Å². The van der Waals surface area contributed by atoms with Gasteiger partial charge in [-0.2, -0.15) is 0 Å². The standard InChI is InChI=1S/C9H9N3OS/c1-14-9-12-11-8(13-9)6-2-4-7(10)5-3-6/h2-5H,10H2,1H3. The van der Waals surface area contributed by atoms with Crippen LogP contribution in [0.15, 0.2) is 33.9 Å². The number of hydrogen-bond acceptors (Lipinski definition) is 5. The van der Waals surface area contributed by atoms with E-state index in [-0.39, 0.29) is 0 Å². The molecule has 1 aromatic carbocycles. The molecule has 1 aromatic heterocycles. The first-order valence-electron chi connectivity index (χ1n) is 4.03. The van der Waals surface area contributed by atoms with Crippen LogP contribution in [0.5, 0.6) is 0 Å². The number of aromatic nitrogens is 2. The number of nitrogens with two attached hydrogens (primary N) is 1. The molecule has 4 nitrogen and oxygen atoms in total. The number of anilines is 1. The van der Waals surface area contributed by atoms with Gasteiger partial charge in [0.05, 0.1) is 0 Å². The third-order valence-electron chi connectivity index (χ3n) is 1.74. The molecule has 2 N–H and O–H groups in total. The molecule has 0 fully saturated rings. The highest BCUT2D eigenvalue weighted by atomic mass is 32.2. The second-order valence-electron chi connectivity index (χ2n) is 2.70. The Labute approximate surface area is 85.5 Å². The predicted molar refractivity (Wildman–Crippen MR) is 55.9 cm³/mol. The summed E-state index contributed by atoms with van der Waals surface area (Å²) in [5.74, 6) is 0.523. The van der Waals surface area contributed by atoms with Crippen molar-refractivity contribution in [1.29, 1.82) is 0 Å². The zero-order valence-electron chi connectivity index (χ0n) is 7.60. The van der Waals surface area contributed by atoms with Crippen LogP contribution in [0.4, 0.5) is 5.69 Å². The zero-order valence-corrected chi connectivity index (χ0v) is 8.41. The molecule has 14 heavy (non-hydrogen) atoms. The number of thioether (sulfide) groups is 1.